The summed E-state index contributed by atoms with van der Waals surface area (Å²) in [6, 6.07) is 7.94. The van der Waals surface area contributed by atoms with Gasteiger partial charge in [0.2, 0.25) is 5.82 Å². The molecule has 2 aromatic rings. The second-order valence-electron chi connectivity index (χ2n) is 6.20. The Bertz CT molecular complexity index is 625. The number of ketones is 1. The highest BCUT2D eigenvalue weighted by Crippen LogP contribution is 2.16. The second kappa shape index (κ2) is 7.87. The van der Waals surface area contributed by atoms with Gasteiger partial charge < -0.3 is 5.32 Å². The minimum atomic E-state index is -0.169. The molecule has 6 nitrogen and oxygen atoms in total. The largest absolute Gasteiger partial charge is 0.305 e. The molecule has 122 valence electrons. The van der Waals surface area contributed by atoms with Crippen LogP contribution in [-0.4, -0.2) is 38.3 Å². The highest BCUT2D eigenvalue weighted by atomic mass is 16.1. The summed E-state index contributed by atoms with van der Waals surface area (Å²) in [5, 5.41) is 18.7. The van der Waals surface area contributed by atoms with Crippen molar-refractivity contribution in [3.63, 3.8) is 0 Å². The Labute approximate surface area is 136 Å². The van der Waals surface area contributed by atoms with E-state index in [2.05, 4.69) is 39.6 Å². The lowest BCUT2D eigenvalue weighted by Crippen LogP contribution is -2.44. The number of benzene rings is 1. The number of Topliss-reactive ketones (excluding diaryl/α,β-unsaturated/α-hetero) is 1. The molecule has 23 heavy (non-hydrogen) atoms. The van der Waals surface area contributed by atoms with Gasteiger partial charge in [-0.25, -0.2) is 0 Å². The first kappa shape index (κ1) is 17.1. The maximum Gasteiger partial charge on any atom is 0.203 e. The van der Waals surface area contributed by atoms with E-state index in [1.807, 2.05) is 38.1 Å². The van der Waals surface area contributed by atoms with Crippen LogP contribution in [0.5, 0.6) is 0 Å². The maximum absolute atomic E-state index is 12.4. The zero-order chi connectivity index (χ0) is 16.8. The van der Waals surface area contributed by atoms with Crippen LogP contribution >= 0.6 is 0 Å². The van der Waals surface area contributed by atoms with E-state index in [0.29, 0.717) is 12.2 Å². The highest BCUT2D eigenvalue weighted by Gasteiger charge is 2.22. The lowest BCUT2D eigenvalue weighted by Gasteiger charge is -2.22. The smallest absolute Gasteiger partial charge is 0.203 e. The van der Waals surface area contributed by atoms with Crippen molar-refractivity contribution in [1.29, 1.82) is 0 Å². The van der Waals surface area contributed by atoms with Gasteiger partial charge in [-0.1, -0.05) is 52.0 Å². The fraction of sp³-hybridized carbons (Fsp3) is 0.471. The molecule has 1 heterocycles. The SMILES string of the molecule is CC(C)NC(Cc1ccc(-c2nncnn2)cc1)C(=O)C(C)C. The van der Waals surface area contributed by atoms with Gasteiger partial charge in [0.05, 0.1) is 6.04 Å². The van der Waals surface area contributed by atoms with E-state index in [1.54, 1.807) is 0 Å². The van der Waals surface area contributed by atoms with E-state index in [9.17, 15) is 4.79 Å². The van der Waals surface area contributed by atoms with Gasteiger partial charge in [-0.15, -0.1) is 20.4 Å². The molecule has 0 spiro atoms. The normalized spacial score (nSPS) is 12.6. The zero-order valence-electron chi connectivity index (χ0n) is 14.0. The fourth-order valence-corrected chi connectivity index (χ4v) is 2.39. The zero-order valence-corrected chi connectivity index (χ0v) is 14.0. The predicted molar refractivity (Wildman–Crippen MR) is 88.7 cm³/mol. The lowest BCUT2D eigenvalue weighted by atomic mass is 9.94. The fourth-order valence-electron chi connectivity index (χ4n) is 2.39. The van der Waals surface area contributed by atoms with Crippen LogP contribution in [0.2, 0.25) is 0 Å². The maximum atomic E-state index is 12.4. The van der Waals surface area contributed by atoms with Gasteiger partial charge >= 0.3 is 0 Å². The summed E-state index contributed by atoms with van der Waals surface area (Å²) in [5.74, 6) is 0.747. The average Bonchev–Trinajstić information content (AvgIpc) is 2.54. The van der Waals surface area contributed by atoms with Crippen LogP contribution in [0.1, 0.15) is 33.3 Å². The summed E-state index contributed by atoms with van der Waals surface area (Å²) in [4.78, 5) is 12.4. The molecule has 1 aromatic carbocycles. The van der Waals surface area contributed by atoms with Crippen molar-refractivity contribution in [2.45, 2.75) is 46.2 Å². The van der Waals surface area contributed by atoms with Crippen molar-refractivity contribution in [2.24, 2.45) is 5.92 Å². The molecule has 0 fully saturated rings. The van der Waals surface area contributed by atoms with Crippen LogP contribution in [0, 0.1) is 5.92 Å². The molecule has 0 aliphatic rings. The Kier molecular flexibility index (Phi) is 5.87. The van der Waals surface area contributed by atoms with Gasteiger partial charge in [0.15, 0.2) is 12.1 Å². The summed E-state index contributed by atoms with van der Waals surface area (Å²) < 4.78 is 0. The predicted octanol–water partition coefficient (Wildman–Crippen LogP) is 2.07. The third-order valence-electron chi connectivity index (χ3n) is 3.51. The van der Waals surface area contributed by atoms with Crippen LogP contribution in [0.4, 0.5) is 0 Å². The Balaban J connectivity index is 2.12. The van der Waals surface area contributed by atoms with Crippen LogP contribution in [0.3, 0.4) is 0 Å². The molecule has 2 rings (SSSR count). The molecule has 6 heteroatoms. The molecule has 1 atom stereocenters. The van der Waals surface area contributed by atoms with E-state index in [-0.39, 0.29) is 23.8 Å². The van der Waals surface area contributed by atoms with Crippen LogP contribution in [-0.2, 0) is 11.2 Å². The second-order valence-corrected chi connectivity index (χ2v) is 6.20. The number of hydrogen-bond donors (Lipinski definition) is 1. The molecule has 0 radical (unpaired) electrons. The molecule has 1 aromatic heterocycles. The molecule has 1 unspecified atom stereocenters. The molecular weight excluding hydrogens is 290 g/mol. The van der Waals surface area contributed by atoms with Gasteiger partial charge in [-0.05, 0) is 12.0 Å². The van der Waals surface area contributed by atoms with E-state index in [4.69, 9.17) is 0 Å². The molecule has 0 aliphatic heterocycles. The number of carbonyl (C=O) groups excluding carboxylic acids is 1. The summed E-state index contributed by atoms with van der Waals surface area (Å²) in [7, 11) is 0. The van der Waals surface area contributed by atoms with Gasteiger partial charge in [-0.2, -0.15) is 0 Å². The number of hydrogen-bond acceptors (Lipinski definition) is 6. The monoisotopic (exact) mass is 313 g/mol. The van der Waals surface area contributed by atoms with Crippen molar-refractivity contribution in [2.75, 3.05) is 0 Å². The molecule has 1 N–H and O–H groups in total. The molecule has 0 saturated heterocycles. The van der Waals surface area contributed by atoms with E-state index in [0.717, 1.165) is 11.1 Å². The van der Waals surface area contributed by atoms with E-state index >= 15 is 0 Å². The molecule has 0 saturated carbocycles. The Hall–Kier alpha value is -2.21. The number of aromatic nitrogens is 4. The topological polar surface area (TPSA) is 80.7 Å². The molecule has 0 amide bonds. The first-order valence-electron chi connectivity index (χ1n) is 7.87. The van der Waals surface area contributed by atoms with Crippen molar-refractivity contribution in [3.8, 4) is 11.4 Å². The molecular formula is C17H23N5O. The van der Waals surface area contributed by atoms with E-state index < -0.39 is 0 Å². The van der Waals surface area contributed by atoms with Crippen molar-refractivity contribution >= 4 is 5.78 Å². The van der Waals surface area contributed by atoms with Crippen molar-refractivity contribution in [3.05, 3.63) is 36.2 Å². The van der Waals surface area contributed by atoms with Crippen LogP contribution < -0.4 is 5.32 Å². The van der Waals surface area contributed by atoms with Crippen molar-refractivity contribution < 1.29 is 4.79 Å². The first-order chi connectivity index (χ1) is 11.0. The van der Waals surface area contributed by atoms with Gasteiger partial charge in [-0.3, -0.25) is 4.79 Å². The van der Waals surface area contributed by atoms with Gasteiger partial charge in [0.1, 0.15) is 0 Å². The van der Waals surface area contributed by atoms with E-state index in [1.165, 1.54) is 6.33 Å². The first-order valence-corrected chi connectivity index (χ1v) is 7.87. The lowest BCUT2D eigenvalue weighted by molar-refractivity contribution is -0.124. The van der Waals surface area contributed by atoms with Crippen LogP contribution in [0.25, 0.3) is 11.4 Å². The summed E-state index contributed by atoms with van der Waals surface area (Å²) in [6.07, 6.45) is 1.97. The standard InChI is InChI=1S/C17H23N5O/c1-11(2)16(23)15(20-12(3)4)9-13-5-7-14(8-6-13)17-21-18-10-19-22-17/h5-8,10-12,15,20H,9H2,1-4H3. The quantitative estimate of drug-likeness (QED) is 0.843. The highest BCUT2D eigenvalue weighted by molar-refractivity contribution is 5.86. The minimum absolute atomic E-state index is 0.0143. The number of nitrogens with zero attached hydrogens (tertiary/aromatic N) is 4. The number of carbonyl (C=O) groups is 1. The number of rotatable bonds is 7. The summed E-state index contributed by atoms with van der Waals surface area (Å²) >= 11 is 0. The third-order valence-corrected chi connectivity index (χ3v) is 3.51. The Morgan fingerprint density at radius 3 is 2.17 bits per heavy atom. The van der Waals surface area contributed by atoms with Crippen LogP contribution in [0.15, 0.2) is 30.6 Å². The Morgan fingerprint density at radius 2 is 1.65 bits per heavy atom. The summed E-state index contributed by atoms with van der Waals surface area (Å²) in [5.41, 5.74) is 1.95. The molecule has 0 bridgehead atoms. The minimum Gasteiger partial charge on any atom is -0.305 e. The Morgan fingerprint density at radius 1 is 1.04 bits per heavy atom. The number of nitrogens with one attached hydrogen (secondary N) is 1. The van der Waals surface area contributed by atoms with Gasteiger partial charge in [0.25, 0.3) is 0 Å². The van der Waals surface area contributed by atoms with Crippen molar-refractivity contribution in [1.82, 2.24) is 25.7 Å². The average molecular weight is 313 g/mol. The molecule has 0 aliphatic carbocycles. The third kappa shape index (κ3) is 4.89. The van der Waals surface area contributed by atoms with Gasteiger partial charge in [0, 0.05) is 17.5 Å². The summed E-state index contributed by atoms with van der Waals surface area (Å²) in [6.45, 7) is 7.98.